The standard InChI is InChI=1S/C18H31BN/c1-4-6-8-11-15-18(3,14-10-7-5-2)19-17-13-9-12-16-20-17/h9,12-13,16H,4-8,10-11,14-15H2,1-3H3. The summed E-state index contributed by atoms with van der Waals surface area (Å²) in [6, 6.07) is 6.21. The minimum absolute atomic E-state index is 0.317. The molecule has 1 heterocycles. The van der Waals surface area contributed by atoms with Gasteiger partial charge in [0.2, 0.25) is 0 Å². The molecule has 20 heavy (non-hydrogen) atoms. The van der Waals surface area contributed by atoms with Gasteiger partial charge in [0.25, 0.3) is 0 Å². The lowest BCUT2D eigenvalue weighted by Gasteiger charge is -2.29. The number of hydrogen-bond acceptors (Lipinski definition) is 1. The zero-order chi connectivity index (χ0) is 14.7. The molecule has 1 unspecified atom stereocenters. The SMILES string of the molecule is CCCCCCC(C)([B]c1ccccn1)CCCCC. The number of aromatic nitrogens is 1. The van der Waals surface area contributed by atoms with Gasteiger partial charge in [-0.25, -0.2) is 0 Å². The van der Waals surface area contributed by atoms with Gasteiger partial charge in [0.15, 0.2) is 7.28 Å². The summed E-state index contributed by atoms with van der Waals surface area (Å²) in [4.78, 5) is 4.48. The van der Waals surface area contributed by atoms with E-state index in [1.54, 1.807) is 0 Å². The second kappa shape index (κ2) is 10.0. The monoisotopic (exact) mass is 272 g/mol. The highest BCUT2D eigenvalue weighted by Gasteiger charge is 2.25. The van der Waals surface area contributed by atoms with Crippen molar-refractivity contribution in [3.8, 4) is 0 Å². The molecule has 1 rings (SSSR count). The molecule has 0 saturated carbocycles. The molecule has 1 aromatic rings. The summed E-state index contributed by atoms with van der Waals surface area (Å²) in [5, 5.41) is 0.317. The molecule has 111 valence electrons. The first kappa shape index (κ1) is 17.3. The van der Waals surface area contributed by atoms with Crippen LogP contribution in [-0.4, -0.2) is 12.3 Å². The zero-order valence-corrected chi connectivity index (χ0v) is 13.7. The summed E-state index contributed by atoms with van der Waals surface area (Å²) in [5.74, 6) is 0. The Kier molecular flexibility index (Phi) is 8.65. The molecule has 1 nitrogen and oxygen atoms in total. The molecule has 0 N–H and O–H groups in total. The predicted molar refractivity (Wildman–Crippen MR) is 90.9 cm³/mol. The molecule has 0 aromatic carbocycles. The molecule has 0 amide bonds. The molecule has 0 saturated heterocycles. The van der Waals surface area contributed by atoms with Gasteiger partial charge in [0.05, 0.1) is 0 Å². The van der Waals surface area contributed by atoms with Crippen molar-refractivity contribution in [2.75, 3.05) is 0 Å². The maximum atomic E-state index is 4.48. The van der Waals surface area contributed by atoms with E-state index < -0.39 is 0 Å². The molecule has 1 atom stereocenters. The van der Waals surface area contributed by atoms with E-state index >= 15 is 0 Å². The van der Waals surface area contributed by atoms with Gasteiger partial charge >= 0.3 is 0 Å². The first-order chi connectivity index (χ1) is 9.70. The highest BCUT2D eigenvalue weighted by atomic mass is 14.6. The van der Waals surface area contributed by atoms with Crippen molar-refractivity contribution in [2.24, 2.45) is 0 Å². The summed E-state index contributed by atoms with van der Waals surface area (Å²) >= 11 is 0. The fraction of sp³-hybridized carbons (Fsp3) is 0.722. The van der Waals surface area contributed by atoms with Crippen LogP contribution in [0.1, 0.15) is 78.6 Å². The van der Waals surface area contributed by atoms with Crippen LogP contribution in [0.4, 0.5) is 0 Å². The Morgan fingerprint density at radius 3 is 2.20 bits per heavy atom. The highest BCUT2D eigenvalue weighted by Crippen LogP contribution is 2.37. The minimum atomic E-state index is 0.317. The van der Waals surface area contributed by atoms with Crippen LogP contribution in [0.2, 0.25) is 5.31 Å². The normalized spacial score (nSPS) is 13.9. The summed E-state index contributed by atoms with van der Waals surface area (Å²) in [7, 11) is 2.41. The second-order valence-electron chi connectivity index (χ2n) is 6.32. The predicted octanol–water partition coefficient (Wildman–Crippen LogP) is 5.14. The molecule has 0 spiro atoms. The lowest BCUT2D eigenvalue weighted by atomic mass is 9.48. The number of unbranched alkanes of at least 4 members (excludes halogenated alkanes) is 5. The average molecular weight is 272 g/mol. The summed E-state index contributed by atoms with van der Waals surface area (Å²) < 4.78 is 0. The van der Waals surface area contributed by atoms with E-state index in [2.05, 4.69) is 45.2 Å². The first-order valence-electron chi connectivity index (χ1n) is 8.47. The fourth-order valence-corrected chi connectivity index (χ4v) is 2.82. The van der Waals surface area contributed by atoms with Crippen LogP contribution >= 0.6 is 0 Å². The maximum absolute atomic E-state index is 4.48. The van der Waals surface area contributed by atoms with Gasteiger partial charge in [0, 0.05) is 6.20 Å². The quantitative estimate of drug-likeness (QED) is 0.401. The molecule has 0 bridgehead atoms. The van der Waals surface area contributed by atoms with E-state index in [4.69, 9.17) is 0 Å². The Morgan fingerprint density at radius 2 is 1.60 bits per heavy atom. The second-order valence-corrected chi connectivity index (χ2v) is 6.32. The van der Waals surface area contributed by atoms with Crippen molar-refractivity contribution in [2.45, 2.75) is 83.9 Å². The van der Waals surface area contributed by atoms with Crippen LogP contribution in [-0.2, 0) is 0 Å². The van der Waals surface area contributed by atoms with Gasteiger partial charge in [-0.2, -0.15) is 0 Å². The number of rotatable bonds is 11. The summed E-state index contributed by atoms with van der Waals surface area (Å²) in [5.41, 5.74) is 1.14. The fourth-order valence-electron chi connectivity index (χ4n) is 2.82. The van der Waals surface area contributed by atoms with E-state index in [-0.39, 0.29) is 0 Å². The van der Waals surface area contributed by atoms with Crippen LogP contribution in [0, 0.1) is 0 Å². The van der Waals surface area contributed by atoms with Gasteiger partial charge in [-0.1, -0.05) is 96.0 Å². The van der Waals surface area contributed by atoms with E-state index in [1.165, 1.54) is 57.8 Å². The largest absolute Gasteiger partial charge is 0.272 e. The van der Waals surface area contributed by atoms with Crippen LogP contribution in [0.3, 0.4) is 0 Å². The third-order valence-electron chi connectivity index (χ3n) is 4.14. The lowest BCUT2D eigenvalue weighted by Crippen LogP contribution is -2.30. The molecule has 0 fully saturated rings. The molecule has 0 aliphatic carbocycles. The van der Waals surface area contributed by atoms with Crippen LogP contribution in [0.5, 0.6) is 0 Å². The zero-order valence-electron chi connectivity index (χ0n) is 13.7. The van der Waals surface area contributed by atoms with Crippen molar-refractivity contribution in [1.29, 1.82) is 0 Å². The molecular formula is C18H31BN. The lowest BCUT2D eigenvalue weighted by molar-refractivity contribution is 0.455. The molecule has 2 heteroatoms. The van der Waals surface area contributed by atoms with Gasteiger partial charge in [-0.3, -0.25) is 4.98 Å². The minimum Gasteiger partial charge on any atom is -0.272 e. The van der Waals surface area contributed by atoms with Crippen molar-refractivity contribution >= 4 is 12.9 Å². The molecule has 0 aliphatic rings. The maximum Gasteiger partial charge on any atom is 0.184 e. The third-order valence-corrected chi connectivity index (χ3v) is 4.14. The van der Waals surface area contributed by atoms with E-state index in [9.17, 15) is 0 Å². The van der Waals surface area contributed by atoms with Crippen molar-refractivity contribution < 1.29 is 0 Å². The van der Waals surface area contributed by atoms with Gasteiger partial charge in [-0.05, 0) is 11.7 Å². The van der Waals surface area contributed by atoms with Gasteiger partial charge in [0.1, 0.15) is 0 Å². The summed E-state index contributed by atoms with van der Waals surface area (Å²) in [6.07, 6.45) is 13.9. The van der Waals surface area contributed by atoms with Crippen molar-refractivity contribution in [1.82, 2.24) is 4.98 Å². The molecule has 1 aromatic heterocycles. The Hall–Kier alpha value is -0.785. The first-order valence-corrected chi connectivity index (χ1v) is 8.47. The van der Waals surface area contributed by atoms with E-state index in [0.29, 0.717) is 5.31 Å². The Balaban J connectivity index is 2.52. The topological polar surface area (TPSA) is 12.9 Å². The molecule has 0 aliphatic heterocycles. The number of pyridine rings is 1. The average Bonchev–Trinajstić information content (AvgIpc) is 2.45. The van der Waals surface area contributed by atoms with Crippen molar-refractivity contribution in [3.63, 3.8) is 0 Å². The van der Waals surface area contributed by atoms with Gasteiger partial charge < -0.3 is 0 Å². The molecular weight excluding hydrogens is 241 g/mol. The van der Waals surface area contributed by atoms with Crippen molar-refractivity contribution in [3.05, 3.63) is 24.4 Å². The highest BCUT2D eigenvalue weighted by molar-refractivity contribution is 6.55. The Bertz CT molecular complexity index is 339. The van der Waals surface area contributed by atoms with E-state index in [1.807, 2.05) is 12.3 Å². The third kappa shape index (κ3) is 7.12. The van der Waals surface area contributed by atoms with Crippen LogP contribution in [0.15, 0.2) is 24.4 Å². The number of hydrogen-bond donors (Lipinski definition) is 0. The Labute approximate surface area is 126 Å². The van der Waals surface area contributed by atoms with Crippen LogP contribution < -0.4 is 5.59 Å². The summed E-state index contributed by atoms with van der Waals surface area (Å²) in [6.45, 7) is 6.98. The van der Waals surface area contributed by atoms with E-state index in [0.717, 1.165) is 5.59 Å². The molecule has 1 radical (unpaired) electrons. The van der Waals surface area contributed by atoms with Gasteiger partial charge in [-0.15, -0.1) is 0 Å². The Morgan fingerprint density at radius 1 is 0.950 bits per heavy atom. The smallest absolute Gasteiger partial charge is 0.184 e. The van der Waals surface area contributed by atoms with Crippen LogP contribution in [0.25, 0.3) is 0 Å². The number of nitrogens with zero attached hydrogens (tertiary/aromatic N) is 1.